The molecule has 1 radical (unpaired) electrons. The third-order valence-electron chi connectivity index (χ3n) is 19.1. The first-order valence-corrected chi connectivity index (χ1v) is 30.0. The highest BCUT2D eigenvalue weighted by molar-refractivity contribution is 6.73. The average Bonchev–Trinajstić information content (AvgIpc) is 4.00. The van der Waals surface area contributed by atoms with Gasteiger partial charge in [0.15, 0.2) is 7.28 Å². The van der Waals surface area contributed by atoms with Crippen molar-refractivity contribution in [1.29, 1.82) is 0 Å². The molecule has 1 aromatic heterocycles. The molecule has 0 saturated heterocycles. The van der Waals surface area contributed by atoms with E-state index in [2.05, 4.69) is 298 Å². The highest BCUT2D eigenvalue weighted by atomic mass is 16.3. The Morgan fingerprint density at radius 2 is 1.00 bits per heavy atom. The van der Waals surface area contributed by atoms with Gasteiger partial charge < -0.3 is 19.5 Å². The van der Waals surface area contributed by atoms with Crippen LogP contribution in [0.3, 0.4) is 0 Å². The molecule has 409 valence electrons. The summed E-state index contributed by atoms with van der Waals surface area (Å²) in [6.07, 6.45) is 4.61. The number of nitrogens with one attached hydrogen (secondary N) is 1. The fourth-order valence-corrected chi connectivity index (χ4v) is 14.2. The van der Waals surface area contributed by atoms with E-state index in [1.165, 1.54) is 78.9 Å². The Morgan fingerprint density at radius 3 is 1.65 bits per heavy atom. The highest BCUT2D eigenvalue weighted by Gasteiger charge is 2.40. The Labute approximate surface area is 492 Å². The molecular weight excluding hydrogens is 1010 g/mol. The van der Waals surface area contributed by atoms with Gasteiger partial charge in [0.2, 0.25) is 0 Å². The van der Waals surface area contributed by atoms with E-state index in [9.17, 15) is 0 Å². The molecule has 1 aliphatic heterocycles. The third kappa shape index (κ3) is 9.06. The fourth-order valence-electron chi connectivity index (χ4n) is 14.2. The van der Waals surface area contributed by atoms with Crippen LogP contribution in [-0.4, -0.2) is 7.28 Å². The minimum Gasteiger partial charge on any atom is -0.456 e. The number of anilines is 8. The third-order valence-corrected chi connectivity index (χ3v) is 19.1. The highest BCUT2D eigenvalue weighted by Crippen LogP contribution is 2.52. The first-order chi connectivity index (χ1) is 39.9. The topological polar surface area (TPSA) is 31.7 Å². The summed E-state index contributed by atoms with van der Waals surface area (Å²) in [6, 6.07) is 76.7. The Balaban J connectivity index is 1.01. The average molecular weight is 1080 g/mol. The Bertz CT molecular complexity index is 4290. The molecule has 10 aromatic carbocycles. The van der Waals surface area contributed by atoms with Crippen LogP contribution >= 0.6 is 0 Å². The summed E-state index contributed by atoms with van der Waals surface area (Å²) < 4.78 is 6.73. The second kappa shape index (κ2) is 19.6. The first kappa shape index (κ1) is 52.5. The molecule has 3 aliphatic rings. The largest absolute Gasteiger partial charge is 0.456 e. The van der Waals surface area contributed by atoms with Crippen molar-refractivity contribution in [2.24, 2.45) is 0 Å². The number of fused-ring (bicyclic) bond motifs is 7. The van der Waals surface area contributed by atoms with Crippen molar-refractivity contribution in [2.45, 2.75) is 117 Å². The van der Waals surface area contributed by atoms with Gasteiger partial charge in [0, 0.05) is 50.8 Å². The maximum absolute atomic E-state index is 6.73. The molecule has 2 heterocycles. The van der Waals surface area contributed by atoms with Crippen molar-refractivity contribution >= 4 is 85.6 Å². The molecular formula is C78H73BN3O. The lowest BCUT2D eigenvalue weighted by atomic mass is 9.57. The lowest BCUT2D eigenvalue weighted by Crippen LogP contribution is -2.42. The van der Waals surface area contributed by atoms with E-state index in [1.807, 2.05) is 0 Å². The summed E-state index contributed by atoms with van der Waals surface area (Å²) >= 11 is 0. The second-order valence-electron chi connectivity index (χ2n) is 26.7. The number of hydrogen-bond donors (Lipinski definition) is 1. The van der Waals surface area contributed by atoms with Gasteiger partial charge in [-0.2, -0.15) is 0 Å². The van der Waals surface area contributed by atoms with Gasteiger partial charge >= 0.3 is 0 Å². The van der Waals surface area contributed by atoms with Gasteiger partial charge in [0.25, 0.3) is 0 Å². The Hall–Kier alpha value is -8.54. The number of furan rings is 1. The monoisotopic (exact) mass is 1080 g/mol. The molecule has 0 bridgehead atoms. The lowest BCUT2D eigenvalue weighted by molar-refractivity contribution is 0.332. The molecule has 5 heteroatoms. The molecule has 0 fully saturated rings. The Morgan fingerprint density at radius 1 is 0.434 bits per heavy atom. The number of hydrogen-bond acceptors (Lipinski definition) is 4. The van der Waals surface area contributed by atoms with Crippen molar-refractivity contribution in [3.63, 3.8) is 0 Å². The Kier molecular flexibility index (Phi) is 12.4. The van der Waals surface area contributed by atoms with Gasteiger partial charge in [0.1, 0.15) is 11.2 Å². The summed E-state index contributed by atoms with van der Waals surface area (Å²) in [7, 11) is 2.48. The zero-order valence-electron chi connectivity index (χ0n) is 49.8. The van der Waals surface area contributed by atoms with Crippen LogP contribution in [0.25, 0.3) is 55.3 Å². The van der Waals surface area contributed by atoms with Gasteiger partial charge in [-0.3, -0.25) is 0 Å². The molecule has 1 N–H and O–H groups in total. The van der Waals surface area contributed by atoms with Gasteiger partial charge in [-0.15, -0.1) is 0 Å². The first-order valence-electron chi connectivity index (χ1n) is 30.0. The van der Waals surface area contributed by atoms with Crippen molar-refractivity contribution in [3.05, 3.63) is 240 Å². The maximum Gasteiger partial charge on any atom is 0.197 e. The van der Waals surface area contributed by atoms with E-state index in [0.29, 0.717) is 0 Å². The van der Waals surface area contributed by atoms with E-state index in [-0.39, 0.29) is 21.7 Å². The molecule has 11 aromatic rings. The van der Waals surface area contributed by atoms with E-state index < -0.39 is 0 Å². The smallest absolute Gasteiger partial charge is 0.197 e. The minimum atomic E-state index is 0.0105. The van der Waals surface area contributed by atoms with E-state index in [4.69, 9.17) is 4.42 Å². The van der Waals surface area contributed by atoms with Gasteiger partial charge in [-0.05, 0) is 213 Å². The van der Waals surface area contributed by atoms with Crippen LogP contribution in [0, 0.1) is 13.8 Å². The fraction of sp³-hybridized carbons (Fsp3) is 0.231. The molecule has 14 rings (SSSR count). The van der Waals surface area contributed by atoms with E-state index >= 15 is 0 Å². The molecule has 4 nitrogen and oxygen atoms in total. The SMILES string of the molecule is Cc1cc(-c2ccc3oc4ccccc4c3c2Nc2ccc3c(c2)C(C)(C)CCC3(C)C)c2c(c1)N(c1cc3c(cc1C)C(C)(C)CCC3(C)C)c1ccc(N(c3cccc(-c4ccccc4)c3)c3cccc(-c4ccccc4)c3)cc1[B]2. The number of aryl methyl sites for hydroxylation is 2. The van der Waals surface area contributed by atoms with Crippen molar-refractivity contribution in [1.82, 2.24) is 0 Å². The zero-order valence-corrected chi connectivity index (χ0v) is 49.8. The second-order valence-corrected chi connectivity index (χ2v) is 26.7. The van der Waals surface area contributed by atoms with Crippen LogP contribution in [0.2, 0.25) is 0 Å². The molecule has 0 saturated carbocycles. The predicted octanol–water partition coefficient (Wildman–Crippen LogP) is 20.6. The quantitative estimate of drug-likeness (QED) is 0.146. The predicted molar refractivity (Wildman–Crippen MR) is 354 cm³/mol. The lowest BCUT2D eigenvalue weighted by Gasteiger charge is -2.44. The van der Waals surface area contributed by atoms with Crippen LogP contribution in [0.4, 0.5) is 45.5 Å². The number of benzene rings is 10. The van der Waals surface area contributed by atoms with Crippen molar-refractivity contribution < 1.29 is 4.42 Å². The summed E-state index contributed by atoms with van der Waals surface area (Å²) in [5.74, 6) is 0. The molecule has 0 atom stereocenters. The van der Waals surface area contributed by atoms with Crippen LogP contribution in [0.15, 0.2) is 211 Å². The van der Waals surface area contributed by atoms with E-state index in [1.54, 1.807) is 0 Å². The molecule has 83 heavy (non-hydrogen) atoms. The molecule has 2 aliphatic carbocycles. The van der Waals surface area contributed by atoms with Crippen molar-refractivity contribution in [3.8, 4) is 33.4 Å². The summed E-state index contributed by atoms with van der Waals surface area (Å²) in [4.78, 5) is 5.04. The molecule has 0 unspecified atom stereocenters. The maximum atomic E-state index is 6.73. The van der Waals surface area contributed by atoms with Crippen molar-refractivity contribution in [2.75, 3.05) is 15.1 Å². The summed E-state index contributed by atoms with van der Waals surface area (Å²) in [6.45, 7) is 24.0. The standard InChI is InChI=1S/C78H73BN3O/c1-49-41-61(59-33-36-71-72(60-29-17-18-30-70(60)83-71)74(59)80-55-31-34-62-64(46-55)77(7,8)38-37-75(62,3)4)73-69(42-49)82(68-48-65-63(43-50(68)2)76(5,6)39-40-78(65,9)10)67-35-32-58(47-66(67)79-73)81(56-27-19-25-53(44-56)51-21-13-11-14-22-51)57-28-20-26-54(45-57)52-23-15-12-16-24-52/h11-36,41-48,80H,37-40H2,1-10H3. The number of nitrogens with zero attached hydrogens (tertiary/aromatic N) is 2. The van der Waals surface area contributed by atoms with Gasteiger partial charge in [-0.25, -0.2) is 0 Å². The van der Waals surface area contributed by atoms with E-state index in [0.717, 1.165) is 91.9 Å². The summed E-state index contributed by atoms with van der Waals surface area (Å²) in [5.41, 5.74) is 28.4. The molecule has 0 spiro atoms. The van der Waals surface area contributed by atoms with Gasteiger partial charge in [-0.1, -0.05) is 182 Å². The zero-order chi connectivity index (χ0) is 57.2. The molecule has 0 amide bonds. The van der Waals surface area contributed by atoms with Crippen LogP contribution < -0.4 is 26.0 Å². The number of rotatable bonds is 9. The summed E-state index contributed by atoms with van der Waals surface area (Å²) in [5, 5.41) is 6.33. The van der Waals surface area contributed by atoms with Gasteiger partial charge in [0.05, 0.1) is 11.1 Å². The van der Waals surface area contributed by atoms with Crippen LogP contribution in [0.5, 0.6) is 0 Å². The van der Waals surface area contributed by atoms with Crippen LogP contribution in [0.1, 0.15) is 114 Å². The normalized spacial score (nSPS) is 16.1. The number of para-hydroxylation sites is 1. The van der Waals surface area contributed by atoms with Crippen LogP contribution in [-0.2, 0) is 21.7 Å². The minimum absolute atomic E-state index is 0.0105.